The molecule has 0 aromatic carbocycles. The molecule has 3 nitrogen and oxygen atoms in total. The van der Waals surface area contributed by atoms with E-state index in [9.17, 15) is 9.90 Å². The van der Waals surface area contributed by atoms with E-state index in [1.165, 1.54) is 0 Å². The first-order chi connectivity index (χ1) is 7.16. The summed E-state index contributed by atoms with van der Waals surface area (Å²) >= 11 is 0. The van der Waals surface area contributed by atoms with Crippen LogP contribution in [0.5, 0.6) is 0 Å². The van der Waals surface area contributed by atoms with Crippen LogP contribution in [0.2, 0.25) is 0 Å². The van der Waals surface area contributed by atoms with Crippen molar-refractivity contribution >= 4 is 5.97 Å². The van der Waals surface area contributed by atoms with Crippen molar-refractivity contribution in [2.45, 2.75) is 70.8 Å². The summed E-state index contributed by atoms with van der Waals surface area (Å²) in [6, 6.07) is 0. The minimum atomic E-state index is -0.710. The van der Waals surface area contributed by atoms with E-state index in [0.717, 1.165) is 51.4 Å². The lowest BCUT2D eigenvalue weighted by Crippen LogP contribution is -2.05. The molecular formula is C12H24O3. The Hall–Kier alpha value is -0.570. The van der Waals surface area contributed by atoms with Gasteiger partial charge in [-0.05, 0) is 19.3 Å². The normalized spacial score (nSPS) is 12.7. The van der Waals surface area contributed by atoms with Gasteiger partial charge in [0.1, 0.15) is 0 Å². The molecule has 0 aliphatic carbocycles. The van der Waals surface area contributed by atoms with Crippen molar-refractivity contribution in [3.63, 3.8) is 0 Å². The van der Waals surface area contributed by atoms with E-state index in [0.29, 0.717) is 0 Å². The fourth-order valence-electron chi connectivity index (χ4n) is 1.59. The van der Waals surface area contributed by atoms with Gasteiger partial charge in [0.15, 0.2) is 0 Å². The van der Waals surface area contributed by atoms with Gasteiger partial charge in [-0.1, -0.05) is 39.0 Å². The highest BCUT2D eigenvalue weighted by molar-refractivity contribution is 5.66. The van der Waals surface area contributed by atoms with Crippen LogP contribution in [-0.2, 0) is 4.79 Å². The third-order valence-electron chi connectivity index (χ3n) is 2.57. The molecule has 0 aliphatic heterocycles. The third-order valence-corrected chi connectivity index (χ3v) is 2.57. The average molecular weight is 216 g/mol. The molecule has 0 amide bonds. The van der Waals surface area contributed by atoms with Crippen molar-refractivity contribution in [2.75, 3.05) is 0 Å². The van der Waals surface area contributed by atoms with Crippen molar-refractivity contribution in [3.8, 4) is 0 Å². The Bertz CT molecular complexity index is 157. The number of aliphatic carboxylic acids is 1. The van der Waals surface area contributed by atoms with Gasteiger partial charge in [-0.2, -0.15) is 0 Å². The SMILES string of the molecule is CCCC[C@H](O)CCCCCCC(=O)O. The van der Waals surface area contributed by atoms with Gasteiger partial charge in [-0.25, -0.2) is 0 Å². The second kappa shape index (κ2) is 9.97. The van der Waals surface area contributed by atoms with Gasteiger partial charge in [0.05, 0.1) is 6.10 Å². The molecular weight excluding hydrogens is 192 g/mol. The van der Waals surface area contributed by atoms with E-state index in [1.807, 2.05) is 0 Å². The van der Waals surface area contributed by atoms with Crippen LogP contribution < -0.4 is 0 Å². The summed E-state index contributed by atoms with van der Waals surface area (Å²) < 4.78 is 0. The van der Waals surface area contributed by atoms with Crippen LogP contribution in [0, 0.1) is 0 Å². The van der Waals surface area contributed by atoms with Crippen molar-refractivity contribution in [1.29, 1.82) is 0 Å². The van der Waals surface area contributed by atoms with Gasteiger partial charge in [-0.15, -0.1) is 0 Å². The molecule has 90 valence electrons. The molecule has 0 aromatic heterocycles. The maximum Gasteiger partial charge on any atom is 0.303 e. The fourth-order valence-corrected chi connectivity index (χ4v) is 1.59. The largest absolute Gasteiger partial charge is 0.481 e. The van der Waals surface area contributed by atoms with Gasteiger partial charge >= 0.3 is 5.97 Å². The fraction of sp³-hybridized carbons (Fsp3) is 0.917. The predicted octanol–water partition coefficient (Wildman–Crippen LogP) is 2.96. The Labute approximate surface area is 92.5 Å². The van der Waals surface area contributed by atoms with Gasteiger partial charge in [0, 0.05) is 6.42 Å². The van der Waals surface area contributed by atoms with E-state index in [4.69, 9.17) is 5.11 Å². The predicted molar refractivity (Wildman–Crippen MR) is 60.9 cm³/mol. The van der Waals surface area contributed by atoms with Crippen LogP contribution in [0.25, 0.3) is 0 Å². The molecule has 15 heavy (non-hydrogen) atoms. The molecule has 0 spiro atoms. The standard InChI is InChI=1S/C12H24O3/c1-2-3-8-11(13)9-6-4-5-7-10-12(14)15/h11,13H,2-10H2,1H3,(H,14,15)/t11-/m0/s1. The number of unbranched alkanes of at least 4 members (excludes halogenated alkanes) is 4. The maximum absolute atomic E-state index is 10.2. The minimum Gasteiger partial charge on any atom is -0.481 e. The molecule has 2 N–H and O–H groups in total. The molecule has 1 atom stereocenters. The summed E-state index contributed by atoms with van der Waals surface area (Å²) in [6.07, 6.45) is 7.92. The first kappa shape index (κ1) is 14.4. The lowest BCUT2D eigenvalue weighted by Gasteiger charge is -2.08. The highest BCUT2D eigenvalue weighted by atomic mass is 16.4. The summed E-state index contributed by atoms with van der Waals surface area (Å²) in [6.45, 7) is 2.12. The Morgan fingerprint density at radius 2 is 1.67 bits per heavy atom. The second-order valence-corrected chi connectivity index (χ2v) is 4.14. The van der Waals surface area contributed by atoms with Crippen LogP contribution in [0.15, 0.2) is 0 Å². The zero-order chi connectivity index (χ0) is 11.5. The molecule has 0 aromatic rings. The average Bonchev–Trinajstić information content (AvgIpc) is 2.19. The Morgan fingerprint density at radius 1 is 1.07 bits per heavy atom. The van der Waals surface area contributed by atoms with Gasteiger partial charge in [-0.3, -0.25) is 4.79 Å². The number of carbonyl (C=O) groups is 1. The van der Waals surface area contributed by atoms with Gasteiger partial charge in [0.2, 0.25) is 0 Å². The lowest BCUT2D eigenvalue weighted by atomic mass is 10.0. The molecule has 0 heterocycles. The highest BCUT2D eigenvalue weighted by Gasteiger charge is 2.03. The van der Waals surface area contributed by atoms with Gasteiger partial charge in [0.25, 0.3) is 0 Å². The van der Waals surface area contributed by atoms with E-state index < -0.39 is 5.97 Å². The first-order valence-corrected chi connectivity index (χ1v) is 6.06. The second-order valence-electron chi connectivity index (χ2n) is 4.14. The van der Waals surface area contributed by atoms with Crippen LogP contribution in [0.3, 0.4) is 0 Å². The van der Waals surface area contributed by atoms with Crippen LogP contribution in [-0.4, -0.2) is 22.3 Å². The first-order valence-electron chi connectivity index (χ1n) is 6.06. The molecule has 0 saturated carbocycles. The highest BCUT2D eigenvalue weighted by Crippen LogP contribution is 2.11. The monoisotopic (exact) mass is 216 g/mol. The number of hydrogen-bond donors (Lipinski definition) is 2. The Balaban J connectivity index is 3.12. The summed E-state index contributed by atoms with van der Waals surface area (Å²) in [5, 5.41) is 17.9. The molecule has 0 aliphatic rings. The van der Waals surface area contributed by atoms with E-state index in [-0.39, 0.29) is 12.5 Å². The molecule has 0 fully saturated rings. The number of aliphatic hydroxyl groups is 1. The van der Waals surface area contributed by atoms with E-state index in [2.05, 4.69) is 6.92 Å². The Kier molecular flexibility index (Phi) is 9.59. The topological polar surface area (TPSA) is 57.5 Å². The summed E-state index contributed by atoms with van der Waals surface area (Å²) in [4.78, 5) is 10.2. The molecule has 3 heteroatoms. The van der Waals surface area contributed by atoms with Crippen molar-refractivity contribution in [3.05, 3.63) is 0 Å². The van der Waals surface area contributed by atoms with Crippen molar-refractivity contribution < 1.29 is 15.0 Å². The van der Waals surface area contributed by atoms with Crippen molar-refractivity contribution in [2.24, 2.45) is 0 Å². The lowest BCUT2D eigenvalue weighted by molar-refractivity contribution is -0.137. The summed E-state index contributed by atoms with van der Waals surface area (Å²) in [5.74, 6) is -0.710. The number of aliphatic hydroxyl groups excluding tert-OH is 1. The van der Waals surface area contributed by atoms with Crippen LogP contribution in [0.4, 0.5) is 0 Å². The quantitative estimate of drug-likeness (QED) is 0.552. The number of carboxylic acid groups (broad SMARTS) is 1. The smallest absolute Gasteiger partial charge is 0.303 e. The van der Waals surface area contributed by atoms with Crippen molar-refractivity contribution in [1.82, 2.24) is 0 Å². The number of hydrogen-bond acceptors (Lipinski definition) is 2. The third kappa shape index (κ3) is 11.4. The summed E-state index contributed by atoms with van der Waals surface area (Å²) in [5.41, 5.74) is 0. The summed E-state index contributed by atoms with van der Waals surface area (Å²) in [7, 11) is 0. The Morgan fingerprint density at radius 3 is 2.27 bits per heavy atom. The zero-order valence-electron chi connectivity index (χ0n) is 9.74. The molecule has 0 radical (unpaired) electrons. The minimum absolute atomic E-state index is 0.149. The molecule has 0 rings (SSSR count). The maximum atomic E-state index is 10.2. The molecule has 0 bridgehead atoms. The number of rotatable bonds is 10. The molecule has 0 saturated heterocycles. The van der Waals surface area contributed by atoms with Crippen LogP contribution >= 0.6 is 0 Å². The van der Waals surface area contributed by atoms with Crippen LogP contribution in [0.1, 0.15) is 64.7 Å². The van der Waals surface area contributed by atoms with E-state index in [1.54, 1.807) is 0 Å². The zero-order valence-corrected chi connectivity index (χ0v) is 9.74. The molecule has 0 unspecified atom stereocenters. The number of carboxylic acids is 1. The van der Waals surface area contributed by atoms with E-state index >= 15 is 0 Å². The van der Waals surface area contributed by atoms with Gasteiger partial charge < -0.3 is 10.2 Å².